The van der Waals surface area contributed by atoms with Crippen LogP contribution < -0.4 is 9.75 Å². The zero-order chi connectivity index (χ0) is 26.3. The van der Waals surface area contributed by atoms with E-state index in [1.54, 1.807) is 0 Å². The topological polar surface area (TPSA) is 0 Å². The van der Waals surface area contributed by atoms with Crippen LogP contribution in [-0.2, 0) is 0 Å². The van der Waals surface area contributed by atoms with Crippen molar-refractivity contribution in [2.45, 2.75) is 18.8 Å². The highest BCUT2D eigenvalue weighted by Gasteiger charge is 2.40. The lowest BCUT2D eigenvalue weighted by atomic mass is 9.78. The Labute approximate surface area is 234 Å². The van der Waals surface area contributed by atoms with Crippen LogP contribution in [0.3, 0.4) is 0 Å². The van der Waals surface area contributed by atoms with Crippen LogP contribution in [0.5, 0.6) is 0 Å². The molecule has 0 spiro atoms. The summed E-state index contributed by atoms with van der Waals surface area (Å²) >= 11 is 1.92. The van der Waals surface area contributed by atoms with Crippen LogP contribution >= 0.6 is 11.3 Å². The van der Waals surface area contributed by atoms with Gasteiger partial charge in [-0.15, -0.1) is 11.3 Å². The molecule has 0 N–H and O–H groups in total. The van der Waals surface area contributed by atoms with E-state index in [9.17, 15) is 0 Å². The van der Waals surface area contributed by atoms with E-state index in [-0.39, 0.29) is 5.92 Å². The summed E-state index contributed by atoms with van der Waals surface area (Å²) in [5, 5.41) is 2.77. The lowest BCUT2D eigenvalue weighted by molar-refractivity contribution is 0.614. The molecule has 0 aliphatic heterocycles. The lowest BCUT2D eigenvalue weighted by Gasteiger charge is -2.25. The fourth-order valence-corrected chi connectivity index (χ4v) is 7.62. The minimum Gasteiger partial charge on any atom is -0.136 e. The van der Waals surface area contributed by atoms with E-state index in [1.165, 1.54) is 47.7 Å². The van der Waals surface area contributed by atoms with Crippen molar-refractivity contribution < 1.29 is 0 Å². The molecule has 4 aromatic carbocycles. The number of hydrogen-bond donors (Lipinski definition) is 0. The Bertz CT molecular complexity index is 1880. The van der Waals surface area contributed by atoms with Gasteiger partial charge in [0.25, 0.3) is 0 Å². The molecule has 0 bridgehead atoms. The highest BCUT2D eigenvalue weighted by molar-refractivity contribution is 7.17. The standard InChI is InChI=1S/C38H30S/c1-25(27-13-5-3-6-14-27)21-29(22-26(2)28-15-7-4-8-16-28)38-32-19-10-9-17-30(32)33-24-37-34(23-35(33)38)31-18-11-12-20-36(31)39-37/h3-24,33,35,38H,1H2,2H3/b26-22+,29-21+. The Morgan fingerprint density at radius 2 is 1.33 bits per heavy atom. The third kappa shape index (κ3) is 4.24. The summed E-state index contributed by atoms with van der Waals surface area (Å²) in [5.41, 5.74) is 8.93. The average molecular weight is 519 g/mol. The van der Waals surface area contributed by atoms with Gasteiger partial charge in [-0.05, 0) is 68.5 Å². The first-order valence-corrected chi connectivity index (χ1v) is 14.5. The van der Waals surface area contributed by atoms with E-state index in [0.29, 0.717) is 11.8 Å². The van der Waals surface area contributed by atoms with Crippen LogP contribution in [0.15, 0.2) is 133 Å². The maximum atomic E-state index is 4.52. The molecule has 7 rings (SSSR count). The molecule has 1 heteroatoms. The van der Waals surface area contributed by atoms with Crippen molar-refractivity contribution in [3.05, 3.63) is 166 Å². The second kappa shape index (κ2) is 9.84. The van der Waals surface area contributed by atoms with Crippen LogP contribution in [0.25, 0.3) is 33.4 Å². The molecule has 2 aliphatic rings. The molecule has 0 saturated carbocycles. The minimum atomic E-state index is 0.244. The monoisotopic (exact) mass is 518 g/mol. The number of rotatable bonds is 5. The van der Waals surface area contributed by atoms with Crippen molar-refractivity contribution >= 4 is 44.7 Å². The van der Waals surface area contributed by atoms with E-state index in [0.717, 1.165) is 11.1 Å². The van der Waals surface area contributed by atoms with E-state index >= 15 is 0 Å². The molecule has 188 valence electrons. The highest BCUT2D eigenvalue weighted by atomic mass is 32.1. The number of benzene rings is 4. The molecule has 0 fully saturated rings. The molecule has 1 heterocycles. The molecule has 0 nitrogen and oxygen atoms in total. The Morgan fingerprint density at radius 3 is 2.10 bits per heavy atom. The van der Waals surface area contributed by atoms with Crippen LogP contribution in [0.2, 0.25) is 0 Å². The molecular formula is C38H30S. The van der Waals surface area contributed by atoms with Gasteiger partial charge in [-0.2, -0.15) is 0 Å². The van der Waals surface area contributed by atoms with Crippen molar-refractivity contribution in [2.75, 3.05) is 0 Å². The normalized spacial score (nSPS) is 20.0. The molecular weight excluding hydrogens is 488 g/mol. The molecule has 3 unspecified atom stereocenters. The van der Waals surface area contributed by atoms with Gasteiger partial charge in [-0.25, -0.2) is 0 Å². The van der Waals surface area contributed by atoms with Gasteiger partial charge in [0, 0.05) is 21.1 Å². The number of allylic oxidation sites excluding steroid dienone is 5. The van der Waals surface area contributed by atoms with Gasteiger partial charge >= 0.3 is 0 Å². The number of fused-ring (bicyclic) bond motifs is 6. The van der Waals surface area contributed by atoms with Crippen molar-refractivity contribution in [1.82, 2.24) is 0 Å². The van der Waals surface area contributed by atoms with Crippen LogP contribution in [0.4, 0.5) is 0 Å². The Balaban J connectivity index is 1.44. The smallest absolute Gasteiger partial charge is 0.0355 e. The predicted octanol–water partition coefficient (Wildman–Crippen LogP) is 8.72. The summed E-state index contributed by atoms with van der Waals surface area (Å²) in [5.74, 6) is 0.960. The van der Waals surface area contributed by atoms with Crippen molar-refractivity contribution in [3.63, 3.8) is 0 Å². The number of thiophene rings is 1. The van der Waals surface area contributed by atoms with Gasteiger partial charge in [0.05, 0.1) is 0 Å². The van der Waals surface area contributed by atoms with E-state index in [2.05, 4.69) is 147 Å². The first-order valence-electron chi connectivity index (χ1n) is 13.7. The van der Waals surface area contributed by atoms with Crippen LogP contribution in [-0.4, -0.2) is 0 Å². The third-order valence-corrected chi connectivity index (χ3v) is 9.45. The number of hydrogen-bond acceptors (Lipinski definition) is 1. The second-order valence-corrected chi connectivity index (χ2v) is 11.7. The van der Waals surface area contributed by atoms with Gasteiger partial charge in [0.15, 0.2) is 0 Å². The Morgan fingerprint density at radius 1 is 0.692 bits per heavy atom. The largest absolute Gasteiger partial charge is 0.136 e. The molecule has 1 aromatic heterocycles. The first kappa shape index (κ1) is 23.9. The third-order valence-electron chi connectivity index (χ3n) is 8.30. The highest BCUT2D eigenvalue weighted by Crippen LogP contribution is 2.53. The lowest BCUT2D eigenvalue weighted by Crippen LogP contribution is -2.28. The molecule has 0 radical (unpaired) electrons. The van der Waals surface area contributed by atoms with Crippen LogP contribution in [0, 0.1) is 5.92 Å². The zero-order valence-electron chi connectivity index (χ0n) is 22.0. The van der Waals surface area contributed by atoms with E-state index in [4.69, 9.17) is 0 Å². The molecule has 5 aromatic rings. The summed E-state index contributed by atoms with van der Waals surface area (Å²) in [4.78, 5) is 0. The average Bonchev–Trinajstić information content (AvgIpc) is 3.51. The summed E-state index contributed by atoms with van der Waals surface area (Å²) in [7, 11) is 0. The van der Waals surface area contributed by atoms with Gasteiger partial charge < -0.3 is 0 Å². The predicted molar refractivity (Wildman–Crippen MR) is 169 cm³/mol. The van der Waals surface area contributed by atoms with Crippen molar-refractivity contribution in [1.29, 1.82) is 0 Å². The summed E-state index contributed by atoms with van der Waals surface area (Å²) in [6.45, 7) is 6.75. The molecule has 0 amide bonds. The van der Waals surface area contributed by atoms with Crippen LogP contribution in [0.1, 0.15) is 41.0 Å². The SMILES string of the molecule is C=C(/C=C(\C=C(/C)c1ccccc1)C1c2ccccc2C2C=c3sc4ccccc4c3=CC21)c1ccccc1. The fraction of sp³-hybridized carbons (Fsp3) is 0.105. The van der Waals surface area contributed by atoms with E-state index in [1.807, 2.05) is 11.3 Å². The zero-order valence-corrected chi connectivity index (χ0v) is 22.9. The summed E-state index contributed by atoms with van der Waals surface area (Å²) in [6, 6.07) is 39.2. The second-order valence-electron chi connectivity index (χ2n) is 10.6. The van der Waals surface area contributed by atoms with Gasteiger partial charge in [0.1, 0.15) is 0 Å². The van der Waals surface area contributed by atoms with Gasteiger partial charge in [-0.3, -0.25) is 0 Å². The molecule has 2 aliphatic carbocycles. The van der Waals surface area contributed by atoms with Crippen molar-refractivity contribution in [3.8, 4) is 0 Å². The summed E-state index contributed by atoms with van der Waals surface area (Å²) < 4.78 is 2.77. The van der Waals surface area contributed by atoms with Crippen molar-refractivity contribution in [2.24, 2.45) is 5.92 Å². The fourth-order valence-electron chi connectivity index (χ4n) is 6.45. The molecule has 3 atom stereocenters. The first-order chi connectivity index (χ1) is 19.2. The maximum absolute atomic E-state index is 4.52. The summed E-state index contributed by atoms with van der Waals surface area (Å²) in [6.07, 6.45) is 9.86. The molecule has 39 heavy (non-hydrogen) atoms. The maximum Gasteiger partial charge on any atom is 0.0355 e. The molecule has 0 saturated heterocycles. The Kier molecular flexibility index (Phi) is 6.02. The van der Waals surface area contributed by atoms with Gasteiger partial charge in [-0.1, -0.05) is 134 Å². The van der Waals surface area contributed by atoms with E-state index < -0.39 is 0 Å². The quantitative estimate of drug-likeness (QED) is 0.204. The Hall–Kier alpha value is -4.20. The van der Waals surface area contributed by atoms with Gasteiger partial charge in [0.2, 0.25) is 0 Å². The minimum absolute atomic E-state index is 0.244.